The number of hydrogen-bond acceptors (Lipinski definition) is 13. The van der Waals surface area contributed by atoms with E-state index in [9.17, 15) is 45.6 Å². The van der Waals surface area contributed by atoms with Gasteiger partial charge in [0.1, 0.15) is 24.4 Å². The number of rotatable bonds is 10. The second kappa shape index (κ2) is 14.4. The molecule has 2 aliphatic heterocycles. The fraction of sp³-hybridized carbons (Fsp3) is 0.500. The number of esters is 1. The molecule has 0 aliphatic carbocycles. The van der Waals surface area contributed by atoms with Gasteiger partial charge in [-0.25, -0.2) is 4.79 Å². The van der Waals surface area contributed by atoms with Crippen molar-refractivity contribution in [2.24, 2.45) is 5.92 Å². The fourth-order valence-electron chi connectivity index (χ4n) is 5.35. The fourth-order valence-corrected chi connectivity index (χ4v) is 5.35. The number of phenols is 4. The molecule has 236 valence electrons. The van der Waals surface area contributed by atoms with Crippen molar-refractivity contribution in [3.05, 3.63) is 53.6 Å². The van der Waals surface area contributed by atoms with Crippen molar-refractivity contribution in [1.29, 1.82) is 0 Å². The zero-order valence-corrected chi connectivity index (χ0v) is 23.5. The lowest BCUT2D eigenvalue weighted by molar-refractivity contribution is -0.297. The lowest BCUT2D eigenvalue weighted by atomic mass is 9.81. The highest BCUT2D eigenvalue weighted by molar-refractivity contribution is 5.87. The summed E-state index contributed by atoms with van der Waals surface area (Å²) in [5, 5.41) is 80.9. The summed E-state index contributed by atoms with van der Waals surface area (Å²) in [6.07, 6.45) is -5.93. The third kappa shape index (κ3) is 8.15. The Morgan fingerprint density at radius 2 is 1.63 bits per heavy atom. The van der Waals surface area contributed by atoms with E-state index in [-0.39, 0.29) is 48.9 Å². The first-order valence-corrected chi connectivity index (χ1v) is 14.0. The van der Waals surface area contributed by atoms with E-state index in [1.165, 1.54) is 36.4 Å². The van der Waals surface area contributed by atoms with Crippen LogP contribution >= 0.6 is 0 Å². The molecule has 2 heterocycles. The van der Waals surface area contributed by atoms with Crippen LogP contribution in [0.2, 0.25) is 0 Å². The lowest BCUT2D eigenvalue weighted by Gasteiger charge is -2.46. The topological polar surface area (TPSA) is 216 Å². The normalized spacial score (nSPS) is 31.2. The van der Waals surface area contributed by atoms with Gasteiger partial charge in [-0.1, -0.05) is 12.1 Å². The Labute approximate surface area is 247 Å². The third-order valence-electron chi connectivity index (χ3n) is 7.63. The van der Waals surface area contributed by atoms with Crippen molar-refractivity contribution in [2.75, 3.05) is 13.2 Å². The van der Waals surface area contributed by atoms with E-state index in [1.54, 1.807) is 13.0 Å². The number of ether oxygens (including phenoxy) is 4. The van der Waals surface area contributed by atoms with Gasteiger partial charge in [-0.3, -0.25) is 0 Å². The van der Waals surface area contributed by atoms with Gasteiger partial charge < -0.3 is 59.8 Å². The first-order valence-electron chi connectivity index (χ1n) is 14.0. The van der Waals surface area contributed by atoms with Crippen molar-refractivity contribution in [3.63, 3.8) is 0 Å². The van der Waals surface area contributed by atoms with Crippen LogP contribution in [0.5, 0.6) is 23.0 Å². The molecule has 2 aliphatic rings. The summed E-state index contributed by atoms with van der Waals surface area (Å²) in [6.45, 7) is 1.13. The van der Waals surface area contributed by atoms with Gasteiger partial charge in [0.2, 0.25) is 0 Å². The molecule has 8 N–H and O–H groups in total. The zero-order chi connectivity index (χ0) is 31.3. The molecule has 13 heteroatoms. The molecule has 0 radical (unpaired) electrons. The molecule has 2 aromatic rings. The van der Waals surface area contributed by atoms with Gasteiger partial charge in [0.25, 0.3) is 0 Å². The van der Waals surface area contributed by atoms with E-state index in [0.29, 0.717) is 11.1 Å². The summed E-state index contributed by atoms with van der Waals surface area (Å²) >= 11 is 0. The maximum Gasteiger partial charge on any atom is 0.331 e. The Morgan fingerprint density at radius 3 is 2.30 bits per heavy atom. The minimum Gasteiger partial charge on any atom is -0.504 e. The van der Waals surface area contributed by atoms with Gasteiger partial charge in [-0.2, -0.15) is 0 Å². The Hall–Kier alpha value is -3.43. The minimum atomic E-state index is -1.42. The van der Waals surface area contributed by atoms with Crippen LogP contribution in [0.25, 0.3) is 6.08 Å². The van der Waals surface area contributed by atoms with Gasteiger partial charge in [-0.15, -0.1) is 0 Å². The molecule has 2 fully saturated rings. The Bertz CT molecular complexity index is 1270. The SMILES string of the molecule is CC1CC(O)C(O)C(CC2C(O)C(OCCc3ccc(O)c(O)c3)OC(CO)C2OC(=O)C=Cc2ccc(O)c(O)c2)O1. The van der Waals surface area contributed by atoms with E-state index < -0.39 is 67.5 Å². The molecule has 9 unspecified atom stereocenters. The third-order valence-corrected chi connectivity index (χ3v) is 7.63. The minimum absolute atomic E-state index is 0.0157. The van der Waals surface area contributed by atoms with E-state index in [4.69, 9.17) is 18.9 Å². The molecule has 43 heavy (non-hydrogen) atoms. The highest BCUT2D eigenvalue weighted by atomic mass is 16.7. The van der Waals surface area contributed by atoms with Gasteiger partial charge in [0.15, 0.2) is 29.3 Å². The monoisotopic (exact) mass is 606 g/mol. The summed E-state index contributed by atoms with van der Waals surface area (Å²) in [7, 11) is 0. The van der Waals surface area contributed by atoms with Crippen molar-refractivity contribution in [1.82, 2.24) is 0 Å². The number of carbonyl (C=O) groups excluding carboxylic acids is 1. The summed E-state index contributed by atoms with van der Waals surface area (Å²) in [4.78, 5) is 12.8. The highest BCUT2D eigenvalue weighted by Crippen LogP contribution is 2.36. The van der Waals surface area contributed by atoms with Crippen LogP contribution in [0.4, 0.5) is 0 Å². The quantitative estimate of drug-likeness (QED) is 0.106. The second-order valence-corrected chi connectivity index (χ2v) is 10.8. The van der Waals surface area contributed by atoms with Crippen LogP contribution in [0, 0.1) is 5.92 Å². The maximum absolute atomic E-state index is 12.8. The number of carbonyl (C=O) groups is 1. The first-order chi connectivity index (χ1) is 20.5. The van der Waals surface area contributed by atoms with Crippen LogP contribution in [-0.4, -0.2) is 109 Å². The number of benzene rings is 2. The molecule has 0 bridgehead atoms. The van der Waals surface area contributed by atoms with Gasteiger partial charge in [-0.05, 0) is 61.2 Å². The molecule has 0 aromatic heterocycles. The van der Waals surface area contributed by atoms with Crippen molar-refractivity contribution >= 4 is 12.0 Å². The molecule has 13 nitrogen and oxygen atoms in total. The molecule has 2 saturated heterocycles. The van der Waals surface area contributed by atoms with Gasteiger partial charge in [0, 0.05) is 18.4 Å². The average Bonchev–Trinajstić information content (AvgIpc) is 2.96. The molecule has 4 rings (SSSR count). The molecular formula is C30H38O13. The van der Waals surface area contributed by atoms with Gasteiger partial charge >= 0.3 is 5.97 Å². The first kappa shape index (κ1) is 32.5. The van der Waals surface area contributed by atoms with E-state index in [0.717, 1.165) is 6.08 Å². The van der Waals surface area contributed by atoms with Crippen molar-refractivity contribution in [2.45, 2.75) is 75.2 Å². The summed E-state index contributed by atoms with van der Waals surface area (Å²) in [6, 6.07) is 8.23. The molecule has 9 atom stereocenters. The van der Waals surface area contributed by atoms with E-state index in [2.05, 4.69) is 0 Å². The summed E-state index contributed by atoms with van der Waals surface area (Å²) in [5.41, 5.74) is 1.03. The van der Waals surface area contributed by atoms with Crippen LogP contribution < -0.4 is 0 Å². The van der Waals surface area contributed by atoms with Crippen LogP contribution in [0.3, 0.4) is 0 Å². The molecule has 2 aromatic carbocycles. The second-order valence-electron chi connectivity index (χ2n) is 10.8. The predicted octanol–water partition coefficient (Wildman–Crippen LogP) is 0.677. The molecular weight excluding hydrogens is 568 g/mol. The molecule has 0 saturated carbocycles. The Balaban J connectivity index is 1.51. The summed E-state index contributed by atoms with van der Waals surface area (Å²) < 4.78 is 23.1. The number of phenolic OH excluding ortho intramolecular Hbond substituents is 4. The van der Waals surface area contributed by atoms with Crippen molar-refractivity contribution in [3.8, 4) is 23.0 Å². The number of hydrogen-bond donors (Lipinski definition) is 8. The predicted molar refractivity (Wildman–Crippen MR) is 149 cm³/mol. The van der Waals surface area contributed by atoms with E-state index >= 15 is 0 Å². The highest BCUT2D eigenvalue weighted by Gasteiger charge is 2.50. The number of aliphatic hydroxyl groups excluding tert-OH is 4. The lowest BCUT2D eigenvalue weighted by Crippen LogP contribution is -2.59. The average molecular weight is 607 g/mol. The number of aromatic hydroxyl groups is 4. The Kier molecular flexibility index (Phi) is 10.8. The van der Waals surface area contributed by atoms with Crippen molar-refractivity contribution < 1.29 is 64.6 Å². The standard InChI is InChI=1S/C30H38O13/c1-15-10-23(36)28(39)24(41-15)13-18-27(38)30(40-9-8-17-3-6-20(33)22(35)12-17)42-25(14-31)29(18)43-26(37)7-4-16-2-5-19(32)21(34)11-16/h2-7,11-12,15,18,23-25,27-36,38-39H,8-10,13-14H2,1H3. The Morgan fingerprint density at radius 1 is 0.930 bits per heavy atom. The maximum atomic E-state index is 12.8. The van der Waals surface area contributed by atoms with Gasteiger partial charge in [0.05, 0.1) is 31.5 Å². The largest absolute Gasteiger partial charge is 0.504 e. The summed E-state index contributed by atoms with van der Waals surface area (Å²) in [5.74, 6) is -3.10. The zero-order valence-electron chi connectivity index (χ0n) is 23.5. The smallest absolute Gasteiger partial charge is 0.331 e. The van der Waals surface area contributed by atoms with Crippen LogP contribution in [0.15, 0.2) is 42.5 Å². The van der Waals surface area contributed by atoms with Crippen LogP contribution in [0.1, 0.15) is 30.9 Å². The van der Waals surface area contributed by atoms with E-state index in [1.807, 2.05) is 0 Å². The molecule has 0 spiro atoms. The molecule has 0 amide bonds. The number of aliphatic hydroxyl groups is 4. The van der Waals surface area contributed by atoms with Crippen LogP contribution in [-0.2, 0) is 30.2 Å².